The number of aliphatic hydroxyl groups excluding tert-OH is 2. The Kier molecular flexibility index (Phi) is 5.46. The van der Waals surface area contributed by atoms with Gasteiger partial charge in [-0.25, -0.2) is 4.79 Å². The van der Waals surface area contributed by atoms with Gasteiger partial charge in [0.15, 0.2) is 0 Å². The number of aliphatic hydroxyl groups is 2. The van der Waals surface area contributed by atoms with E-state index in [0.717, 1.165) is 0 Å². The lowest BCUT2D eigenvalue weighted by Gasteiger charge is -2.17. The third-order valence-electron chi connectivity index (χ3n) is 2.48. The zero-order valence-corrected chi connectivity index (χ0v) is 11.6. The zero-order valence-electron chi connectivity index (χ0n) is 10.0. The normalized spacial score (nSPS) is 13.7. The van der Waals surface area contributed by atoms with Crippen LogP contribution in [0.5, 0.6) is 0 Å². The maximum atomic E-state index is 11.0. The number of carboxylic acid groups (broad SMARTS) is 1. The maximum Gasteiger partial charge on any atom is 0.335 e. The van der Waals surface area contributed by atoms with Gasteiger partial charge >= 0.3 is 11.9 Å². The highest BCUT2D eigenvalue weighted by Crippen LogP contribution is 2.24. The molecule has 0 saturated heterocycles. The van der Waals surface area contributed by atoms with Crippen LogP contribution in [0.1, 0.15) is 28.4 Å². The van der Waals surface area contributed by atoms with Gasteiger partial charge < -0.3 is 20.1 Å². The molecule has 0 amide bonds. The Bertz CT molecular complexity index is 487. The number of hydrogen-bond donors (Lipinski definition) is 3. The van der Waals surface area contributed by atoms with E-state index in [0.29, 0.717) is 4.47 Å². The summed E-state index contributed by atoms with van der Waals surface area (Å²) in [6.45, 7) is 0. The molecule has 0 fully saturated rings. The molecule has 0 spiro atoms. The molecular formula is C12H13BrO6. The molecule has 1 rings (SSSR count). The number of aromatic carboxylic acids is 1. The van der Waals surface area contributed by atoms with Gasteiger partial charge in [0, 0.05) is 4.47 Å². The van der Waals surface area contributed by atoms with E-state index in [-0.39, 0.29) is 17.5 Å². The van der Waals surface area contributed by atoms with Crippen molar-refractivity contribution in [3.05, 3.63) is 33.8 Å². The van der Waals surface area contributed by atoms with Crippen LogP contribution in [0, 0.1) is 0 Å². The van der Waals surface area contributed by atoms with Gasteiger partial charge in [0.2, 0.25) is 0 Å². The minimum Gasteiger partial charge on any atom is -0.478 e. The van der Waals surface area contributed by atoms with Crippen LogP contribution >= 0.6 is 15.9 Å². The highest BCUT2D eigenvalue weighted by atomic mass is 79.9. The highest BCUT2D eigenvalue weighted by molar-refractivity contribution is 9.10. The molecule has 0 aliphatic heterocycles. The van der Waals surface area contributed by atoms with Crippen molar-refractivity contribution in [2.45, 2.75) is 18.6 Å². The van der Waals surface area contributed by atoms with E-state index in [2.05, 4.69) is 20.7 Å². The monoisotopic (exact) mass is 332 g/mol. The molecule has 2 atom stereocenters. The quantitative estimate of drug-likeness (QED) is 0.697. The Labute approximate surface area is 117 Å². The first-order valence-corrected chi connectivity index (χ1v) is 6.11. The van der Waals surface area contributed by atoms with Crippen LogP contribution in [-0.2, 0) is 9.53 Å². The van der Waals surface area contributed by atoms with Crippen molar-refractivity contribution < 1.29 is 29.6 Å². The van der Waals surface area contributed by atoms with E-state index in [1.807, 2.05) is 0 Å². The Hall–Kier alpha value is -1.44. The molecule has 0 aliphatic carbocycles. The average Bonchev–Trinajstić information content (AvgIpc) is 2.36. The minimum atomic E-state index is -1.38. The van der Waals surface area contributed by atoms with Gasteiger partial charge in [-0.3, -0.25) is 4.79 Å². The average molecular weight is 333 g/mol. The van der Waals surface area contributed by atoms with E-state index >= 15 is 0 Å². The van der Waals surface area contributed by atoms with Gasteiger partial charge in [0.25, 0.3) is 0 Å². The van der Waals surface area contributed by atoms with Crippen LogP contribution in [0.25, 0.3) is 0 Å². The zero-order chi connectivity index (χ0) is 14.6. The maximum absolute atomic E-state index is 11.0. The number of hydrogen-bond acceptors (Lipinski definition) is 5. The first-order valence-electron chi connectivity index (χ1n) is 5.32. The van der Waals surface area contributed by atoms with E-state index in [9.17, 15) is 19.8 Å². The van der Waals surface area contributed by atoms with Gasteiger partial charge in [-0.15, -0.1) is 0 Å². The van der Waals surface area contributed by atoms with Gasteiger partial charge in [0.05, 0.1) is 25.2 Å². The summed E-state index contributed by atoms with van der Waals surface area (Å²) in [5, 5.41) is 28.5. The number of carboxylic acids is 1. The van der Waals surface area contributed by atoms with Crippen LogP contribution in [0.2, 0.25) is 0 Å². The third kappa shape index (κ3) is 4.30. The lowest BCUT2D eigenvalue weighted by Crippen LogP contribution is -2.22. The third-order valence-corrected chi connectivity index (χ3v) is 2.93. The Morgan fingerprint density at radius 2 is 1.95 bits per heavy atom. The standard InChI is InChI=1S/C12H13BrO6/c1-19-10(15)5-9(14)11(16)6-2-7(12(17)18)4-8(13)3-6/h2-4,9,11,14,16H,5H2,1H3,(H,17,18). The molecule has 104 valence electrons. The van der Waals surface area contributed by atoms with Gasteiger partial charge in [0.1, 0.15) is 6.10 Å². The molecule has 1 aromatic rings. The minimum absolute atomic E-state index is 0.0336. The highest BCUT2D eigenvalue weighted by Gasteiger charge is 2.23. The summed E-state index contributed by atoms with van der Waals surface area (Å²) < 4.78 is 4.83. The summed E-state index contributed by atoms with van der Waals surface area (Å²) in [4.78, 5) is 21.9. The van der Waals surface area contributed by atoms with E-state index < -0.39 is 24.1 Å². The first kappa shape index (κ1) is 15.6. The van der Waals surface area contributed by atoms with Crippen LogP contribution < -0.4 is 0 Å². The molecule has 0 radical (unpaired) electrons. The number of benzene rings is 1. The summed E-state index contributed by atoms with van der Waals surface area (Å²) >= 11 is 3.12. The number of halogens is 1. The summed E-state index contributed by atoms with van der Waals surface area (Å²) in [5.74, 6) is -1.82. The predicted molar refractivity (Wildman–Crippen MR) is 68.7 cm³/mol. The van der Waals surface area contributed by atoms with E-state index in [1.165, 1.54) is 25.3 Å². The van der Waals surface area contributed by atoms with Gasteiger partial charge in [-0.2, -0.15) is 0 Å². The molecular weight excluding hydrogens is 320 g/mol. The van der Waals surface area contributed by atoms with E-state index in [4.69, 9.17) is 5.11 Å². The number of carbonyl (C=O) groups is 2. The van der Waals surface area contributed by atoms with Crippen molar-refractivity contribution in [3.8, 4) is 0 Å². The summed E-state index contributed by atoms with van der Waals surface area (Å²) in [6.07, 6.45) is -3.13. The van der Waals surface area contributed by atoms with Crippen LogP contribution in [-0.4, -0.2) is 40.5 Å². The van der Waals surface area contributed by atoms with Crippen molar-refractivity contribution in [3.63, 3.8) is 0 Å². The molecule has 7 heteroatoms. The number of esters is 1. The fourth-order valence-corrected chi connectivity index (χ4v) is 2.01. The van der Waals surface area contributed by atoms with Crippen molar-refractivity contribution in [1.29, 1.82) is 0 Å². The second-order valence-corrected chi connectivity index (χ2v) is 4.79. The molecule has 3 N–H and O–H groups in total. The molecule has 0 saturated carbocycles. The fourth-order valence-electron chi connectivity index (χ4n) is 1.49. The number of methoxy groups -OCH3 is 1. The summed E-state index contributed by atoms with van der Waals surface area (Å²) in [6, 6.07) is 4.07. The first-order chi connectivity index (χ1) is 8.85. The van der Waals surface area contributed by atoms with Crippen LogP contribution in [0.3, 0.4) is 0 Å². The second kappa shape index (κ2) is 6.65. The molecule has 0 bridgehead atoms. The van der Waals surface area contributed by atoms with Crippen molar-refractivity contribution in [2.75, 3.05) is 7.11 Å². The molecule has 0 aliphatic rings. The van der Waals surface area contributed by atoms with Crippen molar-refractivity contribution >= 4 is 27.9 Å². The Morgan fingerprint density at radius 1 is 1.32 bits per heavy atom. The molecule has 6 nitrogen and oxygen atoms in total. The van der Waals surface area contributed by atoms with Gasteiger partial charge in [-0.1, -0.05) is 15.9 Å². The van der Waals surface area contributed by atoms with Crippen molar-refractivity contribution in [2.24, 2.45) is 0 Å². The second-order valence-electron chi connectivity index (χ2n) is 3.87. The topological polar surface area (TPSA) is 104 Å². The SMILES string of the molecule is COC(=O)CC(O)C(O)c1cc(Br)cc(C(=O)O)c1. The van der Waals surface area contributed by atoms with Crippen LogP contribution in [0.4, 0.5) is 0 Å². The smallest absolute Gasteiger partial charge is 0.335 e. The van der Waals surface area contributed by atoms with Crippen LogP contribution in [0.15, 0.2) is 22.7 Å². The number of carbonyl (C=O) groups excluding carboxylic acids is 1. The largest absolute Gasteiger partial charge is 0.478 e. The molecule has 0 aromatic heterocycles. The molecule has 1 aromatic carbocycles. The molecule has 2 unspecified atom stereocenters. The Morgan fingerprint density at radius 3 is 2.47 bits per heavy atom. The lowest BCUT2D eigenvalue weighted by molar-refractivity contribution is -0.144. The summed E-state index contributed by atoms with van der Waals surface area (Å²) in [5.41, 5.74) is 0.164. The van der Waals surface area contributed by atoms with E-state index in [1.54, 1.807) is 0 Å². The van der Waals surface area contributed by atoms with Gasteiger partial charge in [-0.05, 0) is 23.8 Å². The summed E-state index contributed by atoms with van der Waals surface area (Å²) in [7, 11) is 1.17. The lowest BCUT2D eigenvalue weighted by atomic mass is 10.00. The van der Waals surface area contributed by atoms with Crippen molar-refractivity contribution in [1.82, 2.24) is 0 Å². The molecule has 0 heterocycles. The Balaban J connectivity index is 2.95. The number of rotatable bonds is 5. The predicted octanol–water partition coefficient (Wildman–Crippen LogP) is 1.10. The molecule has 19 heavy (non-hydrogen) atoms. The number of ether oxygens (including phenoxy) is 1. The fraction of sp³-hybridized carbons (Fsp3) is 0.333.